The Morgan fingerprint density at radius 2 is 2.27 bits per heavy atom. The fourth-order valence-corrected chi connectivity index (χ4v) is 2.45. The van der Waals surface area contributed by atoms with Gasteiger partial charge in [-0.1, -0.05) is 6.07 Å². The molecule has 0 amide bonds. The lowest BCUT2D eigenvalue weighted by Crippen LogP contribution is -2.15. The zero-order valence-corrected chi connectivity index (χ0v) is 9.97. The van der Waals surface area contributed by atoms with Crippen LogP contribution in [0, 0.1) is 6.92 Å². The van der Waals surface area contributed by atoms with Crippen LogP contribution in [-0.2, 0) is 6.42 Å². The number of rotatable bonds is 3. The lowest BCUT2D eigenvalue weighted by Gasteiger charge is -2.04. The molecule has 2 N–H and O–H groups in total. The molecule has 1 unspecified atom stereocenters. The summed E-state index contributed by atoms with van der Waals surface area (Å²) in [6.45, 7) is 4.10. The maximum atomic E-state index is 5.74. The summed E-state index contributed by atoms with van der Waals surface area (Å²) in [5, 5.41) is 1.13. The molecular weight excluding hydrogens is 204 g/mol. The first-order chi connectivity index (χ1) is 7.15. The van der Waals surface area contributed by atoms with Crippen LogP contribution in [0.3, 0.4) is 0 Å². The van der Waals surface area contributed by atoms with Crippen LogP contribution in [0.1, 0.15) is 23.9 Å². The Kier molecular flexibility index (Phi) is 3.03. The molecule has 0 aliphatic heterocycles. The van der Waals surface area contributed by atoms with Gasteiger partial charge in [0.05, 0.1) is 15.2 Å². The zero-order chi connectivity index (χ0) is 10.8. The van der Waals surface area contributed by atoms with Crippen LogP contribution in [0.2, 0.25) is 0 Å². The van der Waals surface area contributed by atoms with Crippen LogP contribution in [-0.4, -0.2) is 11.0 Å². The number of fused-ring (bicyclic) bond motifs is 1. The van der Waals surface area contributed by atoms with Crippen molar-refractivity contribution in [2.75, 3.05) is 0 Å². The second-order valence-corrected chi connectivity index (χ2v) is 5.29. The van der Waals surface area contributed by atoms with E-state index >= 15 is 0 Å². The average Bonchev–Trinajstić information content (AvgIpc) is 2.53. The molecule has 0 radical (unpaired) electrons. The van der Waals surface area contributed by atoms with Crippen LogP contribution in [0.4, 0.5) is 0 Å². The van der Waals surface area contributed by atoms with E-state index in [1.54, 1.807) is 11.3 Å². The Morgan fingerprint density at radius 3 is 3.00 bits per heavy atom. The summed E-state index contributed by atoms with van der Waals surface area (Å²) in [6.07, 6.45) is 2.08. The third-order valence-corrected chi connectivity index (χ3v) is 3.40. The van der Waals surface area contributed by atoms with E-state index in [2.05, 4.69) is 23.2 Å². The summed E-state index contributed by atoms with van der Waals surface area (Å²) in [5.41, 5.74) is 8.21. The van der Waals surface area contributed by atoms with Gasteiger partial charge in [-0.2, -0.15) is 0 Å². The smallest absolute Gasteiger partial charge is 0.0907 e. The molecule has 80 valence electrons. The van der Waals surface area contributed by atoms with Gasteiger partial charge in [-0.3, -0.25) is 0 Å². The topological polar surface area (TPSA) is 38.9 Å². The average molecular weight is 220 g/mol. The maximum Gasteiger partial charge on any atom is 0.0907 e. The van der Waals surface area contributed by atoms with Crippen LogP contribution in [0.5, 0.6) is 0 Å². The van der Waals surface area contributed by atoms with Gasteiger partial charge >= 0.3 is 0 Å². The van der Waals surface area contributed by atoms with E-state index in [4.69, 9.17) is 5.73 Å². The van der Waals surface area contributed by atoms with E-state index in [-0.39, 0.29) is 6.04 Å². The lowest BCUT2D eigenvalue weighted by molar-refractivity contribution is 0.666. The van der Waals surface area contributed by atoms with E-state index in [0.29, 0.717) is 0 Å². The first-order valence-corrected chi connectivity index (χ1v) is 6.08. The minimum Gasteiger partial charge on any atom is -0.328 e. The largest absolute Gasteiger partial charge is 0.328 e. The molecule has 0 spiro atoms. The molecule has 0 aliphatic rings. The standard InChI is InChI=1S/C12H16N2S/c1-8(13)3-4-10-5-6-12-11(7-10)14-9(2)15-12/h5-8H,3-4,13H2,1-2H3. The van der Waals surface area contributed by atoms with Gasteiger partial charge in [-0.25, -0.2) is 4.98 Å². The van der Waals surface area contributed by atoms with Gasteiger partial charge in [-0.05, 0) is 44.4 Å². The number of thiazole rings is 1. The Labute approximate surface area is 94.1 Å². The van der Waals surface area contributed by atoms with Crippen molar-refractivity contribution in [3.05, 3.63) is 28.8 Å². The maximum absolute atomic E-state index is 5.74. The van der Waals surface area contributed by atoms with E-state index in [0.717, 1.165) is 23.4 Å². The van der Waals surface area contributed by atoms with Crippen molar-refractivity contribution >= 4 is 21.6 Å². The van der Waals surface area contributed by atoms with Crippen molar-refractivity contribution in [3.63, 3.8) is 0 Å². The second kappa shape index (κ2) is 4.29. The molecule has 0 saturated heterocycles. The molecule has 2 rings (SSSR count). The van der Waals surface area contributed by atoms with Crippen molar-refractivity contribution in [1.82, 2.24) is 4.98 Å². The van der Waals surface area contributed by atoms with Gasteiger partial charge in [0.15, 0.2) is 0 Å². The molecule has 0 fully saturated rings. The summed E-state index contributed by atoms with van der Waals surface area (Å²) in [7, 11) is 0. The Hall–Kier alpha value is -0.930. The molecule has 1 heterocycles. The third-order valence-electron chi connectivity index (χ3n) is 2.45. The molecule has 1 atom stereocenters. The van der Waals surface area contributed by atoms with Crippen molar-refractivity contribution in [2.45, 2.75) is 32.7 Å². The van der Waals surface area contributed by atoms with E-state index in [1.165, 1.54) is 10.3 Å². The first kappa shape index (κ1) is 10.6. The summed E-state index contributed by atoms with van der Waals surface area (Å²) >= 11 is 1.75. The predicted octanol–water partition coefficient (Wildman–Crippen LogP) is 2.88. The van der Waals surface area contributed by atoms with Crippen LogP contribution in [0.25, 0.3) is 10.2 Å². The van der Waals surface area contributed by atoms with Gasteiger partial charge in [-0.15, -0.1) is 11.3 Å². The molecule has 2 nitrogen and oxygen atoms in total. The highest BCUT2D eigenvalue weighted by Gasteiger charge is 2.02. The summed E-state index contributed by atoms with van der Waals surface area (Å²) in [4.78, 5) is 4.49. The van der Waals surface area contributed by atoms with Gasteiger partial charge in [0.25, 0.3) is 0 Å². The molecule has 0 bridgehead atoms. The van der Waals surface area contributed by atoms with E-state index in [9.17, 15) is 0 Å². The van der Waals surface area contributed by atoms with Crippen LogP contribution < -0.4 is 5.73 Å². The first-order valence-electron chi connectivity index (χ1n) is 5.27. The van der Waals surface area contributed by atoms with Crippen molar-refractivity contribution < 1.29 is 0 Å². The number of benzene rings is 1. The van der Waals surface area contributed by atoms with Gasteiger partial charge < -0.3 is 5.73 Å². The van der Waals surface area contributed by atoms with Gasteiger partial charge in [0.2, 0.25) is 0 Å². The number of nitrogens with two attached hydrogens (primary N) is 1. The predicted molar refractivity (Wildman–Crippen MR) is 66.3 cm³/mol. The van der Waals surface area contributed by atoms with Gasteiger partial charge in [0.1, 0.15) is 0 Å². The number of aromatic nitrogens is 1. The summed E-state index contributed by atoms with van der Waals surface area (Å²) < 4.78 is 1.28. The number of nitrogens with zero attached hydrogens (tertiary/aromatic N) is 1. The zero-order valence-electron chi connectivity index (χ0n) is 9.16. The Bertz CT molecular complexity index is 460. The summed E-state index contributed by atoms with van der Waals surface area (Å²) in [5.74, 6) is 0. The normalized spacial score (nSPS) is 13.3. The lowest BCUT2D eigenvalue weighted by atomic mass is 10.1. The minimum atomic E-state index is 0.276. The number of hydrogen-bond acceptors (Lipinski definition) is 3. The van der Waals surface area contributed by atoms with Crippen molar-refractivity contribution in [3.8, 4) is 0 Å². The molecule has 1 aromatic heterocycles. The highest BCUT2D eigenvalue weighted by molar-refractivity contribution is 7.18. The number of aryl methyl sites for hydroxylation is 2. The number of hydrogen-bond donors (Lipinski definition) is 1. The monoisotopic (exact) mass is 220 g/mol. The molecule has 15 heavy (non-hydrogen) atoms. The quantitative estimate of drug-likeness (QED) is 0.863. The van der Waals surface area contributed by atoms with E-state index in [1.807, 2.05) is 13.8 Å². The highest BCUT2D eigenvalue weighted by Crippen LogP contribution is 2.22. The third kappa shape index (κ3) is 2.55. The Morgan fingerprint density at radius 1 is 1.47 bits per heavy atom. The minimum absolute atomic E-state index is 0.276. The molecule has 0 saturated carbocycles. The Balaban J connectivity index is 2.22. The fourth-order valence-electron chi connectivity index (χ4n) is 1.64. The van der Waals surface area contributed by atoms with Crippen molar-refractivity contribution in [2.24, 2.45) is 5.73 Å². The van der Waals surface area contributed by atoms with Crippen LogP contribution in [0.15, 0.2) is 18.2 Å². The molecule has 0 aliphatic carbocycles. The fraction of sp³-hybridized carbons (Fsp3) is 0.417. The second-order valence-electron chi connectivity index (χ2n) is 4.05. The molecule has 1 aromatic carbocycles. The van der Waals surface area contributed by atoms with Crippen LogP contribution >= 0.6 is 11.3 Å². The molecule has 3 heteroatoms. The van der Waals surface area contributed by atoms with Gasteiger partial charge in [0, 0.05) is 6.04 Å². The highest BCUT2D eigenvalue weighted by atomic mass is 32.1. The van der Waals surface area contributed by atoms with E-state index < -0.39 is 0 Å². The molecule has 2 aromatic rings. The van der Waals surface area contributed by atoms with Crippen molar-refractivity contribution in [1.29, 1.82) is 0 Å². The summed E-state index contributed by atoms with van der Waals surface area (Å²) in [6, 6.07) is 6.80. The SMILES string of the molecule is Cc1nc2cc(CCC(C)N)ccc2s1. The molecular formula is C12H16N2S.